The van der Waals surface area contributed by atoms with Crippen LogP contribution >= 0.6 is 0 Å². The van der Waals surface area contributed by atoms with Gasteiger partial charge in [0.1, 0.15) is 0 Å². The van der Waals surface area contributed by atoms with Gasteiger partial charge in [-0.25, -0.2) is 0 Å². The topological polar surface area (TPSA) is 9.23 Å². The average molecular weight is 289 g/mol. The Morgan fingerprint density at radius 2 is 1.56 bits per heavy atom. The third-order valence-electron chi connectivity index (χ3n) is 5.14. The molecule has 0 heterocycles. The highest BCUT2D eigenvalue weighted by atomic mass is 28.4. The van der Waals surface area contributed by atoms with E-state index in [9.17, 15) is 0 Å². The van der Waals surface area contributed by atoms with Gasteiger partial charge in [0.15, 0.2) is 8.32 Å². The third-order valence-corrected chi connectivity index (χ3v) is 14.0. The molecule has 0 amide bonds. The first-order chi connectivity index (χ1) is 8.02. The van der Waals surface area contributed by atoms with Crippen molar-refractivity contribution in [3.63, 3.8) is 0 Å². The summed E-state index contributed by atoms with van der Waals surface area (Å²) in [5, 5.41) is 0.155. The molecule has 0 aliphatic heterocycles. The Bertz CT molecular complexity index is 249. The molecule has 0 fully saturated rings. The van der Waals surface area contributed by atoms with Crippen LogP contribution in [0.3, 0.4) is 0 Å². The maximum Gasteiger partial charge on any atom is 0.189 e. The molecule has 18 heavy (non-hydrogen) atoms. The molecule has 0 saturated carbocycles. The largest absolute Gasteiger partial charge is 0.415 e. The van der Waals surface area contributed by atoms with Crippen LogP contribution in [0.25, 0.3) is 0 Å². The fraction of sp³-hybridized carbons (Fsp3) is 1.00. The van der Waals surface area contributed by atoms with Gasteiger partial charge in [0, 0.05) is 5.22 Å². The SMILES string of the molecule is CCCC[Si](C)(C)C(C)(CC)O[Si](C)(C)C(C)C. The van der Waals surface area contributed by atoms with Gasteiger partial charge >= 0.3 is 0 Å². The number of unbranched alkanes of at least 4 members (excludes halogenated alkanes) is 1. The molecule has 1 unspecified atom stereocenters. The molecule has 0 aromatic heterocycles. The number of rotatable bonds is 8. The smallest absolute Gasteiger partial charge is 0.189 e. The van der Waals surface area contributed by atoms with Crippen molar-refractivity contribution < 1.29 is 4.43 Å². The van der Waals surface area contributed by atoms with Crippen LogP contribution in [0.1, 0.15) is 53.9 Å². The van der Waals surface area contributed by atoms with Crippen LogP contribution in [0.4, 0.5) is 0 Å². The molecule has 3 heteroatoms. The Morgan fingerprint density at radius 1 is 1.06 bits per heavy atom. The zero-order valence-corrected chi connectivity index (χ0v) is 16.3. The summed E-state index contributed by atoms with van der Waals surface area (Å²) in [6, 6.07) is 1.40. The predicted octanol–water partition coefficient (Wildman–Crippen LogP) is 5.83. The Morgan fingerprint density at radius 3 is 1.89 bits per heavy atom. The molecular weight excluding hydrogens is 252 g/mol. The molecule has 0 radical (unpaired) electrons. The van der Waals surface area contributed by atoms with E-state index in [1.807, 2.05) is 0 Å². The zero-order chi connectivity index (χ0) is 14.6. The standard InChI is InChI=1S/C15H36OSi2/c1-10-12-13-17(6,7)15(5,11-2)16-18(8,9)14(3)4/h14H,10-13H2,1-9H3. The third kappa shape index (κ3) is 4.50. The van der Waals surface area contributed by atoms with Gasteiger partial charge in [0.05, 0.1) is 8.07 Å². The molecular formula is C15H36OSi2. The van der Waals surface area contributed by atoms with E-state index in [0.29, 0.717) is 5.54 Å². The van der Waals surface area contributed by atoms with Crippen molar-refractivity contribution in [2.75, 3.05) is 0 Å². The normalized spacial score (nSPS) is 17.0. The zero-order valence-electron chi connectivity index (χ0n) is 14.3. The monoisotopic (exact) mass is 288 g/mol. The molecule has 0 aromatic rings. The molecule has 0 aliphatic carbocycles. The Labute approximate surface area is 118 Å². The van der Waals surface area contributed by atoms with E-state index in [-0.39, 0.29) is 5.22 Å². The molecule has 0 bridgehead atoms. The van der Waals surface area contributed by atoms with Crippen LogP contribution in [-0.2, 0) is 4.43 Å². The first-order valence-electron chi connectivity index (χ1n) is 7.72. The average Bonchev–Trinajstić information content (AvgIpc) is 2.25. The highest BCUT2D eigenvalue weighted by Crippen LogP contribution is 2.37. The van der Waals surface area contributed by atoms with Crippen molar-refractivity contribution in [1.29, 1.82) is 0 Å². The lowest BCUT2D eigenvalue weighted by Crippen LogP contribution is -2.58. The van der Waals surface area contributed by atoms with Crippen LogP contribution in [0.5, 0.6) is 0 Å². The summed E-state index contributed by atoms with van der Waals surface area (Å²) < 4.78 is 6.80. The minimum Gasteiger partial charge on any atom is -0.415 e. The van der Waals surface area contributed by atoms with Gasteiger partial charge in [-0.2, -0.15) is 0 Å². The Balaban J connectivity index is 5.00. The maximum absolute atomic E-state index is 6.80. The van der Waals surface area contributed by atoms with Crippen molar-refractivity contribution in [3.05, 3.63) is 0 Å². The minimum atomic E-state index is -1.55. The first-order valence-corrected chi connectivity index (χ1v) is 13.9. The highest BCUT2D eigenvalue weighted by molar-refractivity contribution is 6.82. The molecule has 0 aromatic carbocycles. The predicted molar refractivity (Wildman–Crippen MR) is 89.6 cm³/mol. The molecule has 1 nitrogen and oxygen atoms in total. The lowest BCUT2D eigenvalue weighted by molar-refractivity contribution is 0.144. The molecule has 110 valence electrons. The van der Waals surface area contributed by atoms with Gasteiger partial charge in [-0.15, -0.1) is 0 Å². The van der Waals surface area contributed by atoms with Crippen molar-refractivity contribution in [2.24, 2.45) is 0 Å². The second-order valence-electron chi connectivity index (χ2n) is 7.43. The van der Waals surface area contributed by atoms with Crippen LogP contribution in [0.15, 0.2) is 0 Å². The molecule has 0 aliphatic rings. The van der Waals surface area contributed by atoms with Gasteiger partial charge in [-0.05, 0) is 32.0 Å². The lowest BCUT2D eigenvalue weighted by atomic mass is 10.3. The van der Waals surface area contributed by atoms with E-state index >= 15 is 0 Å². The second-order valence-corrected chi connectivity index (χ2v) is 17.3. The number of hydrogen-bond acceptors (Lipinski definition) is 1. The number of hydrogen-bond donors (Lipinski definition) is 0. The van der Waals surface area contributed by atoms with Crippen LogP contribution in [0, 0.1) is 0 Å². The summed E-state index contributed by atoms with van der Waals surface area (Å²) in [5.41, 5.74) is 0.694. The molecule has 0 rings (SSSR count). The summed E-state index contributed by atoms with van der Waals surface area (Å²) in [6.07, 6.45) is 3.84. The van der Waals surface area contributed by atoms with Crippen molar-refractivity contribution >= 4 is 16.4 Å². The van der Waals surface area contributed by atoms with Gasteiger partial charge in [0.2, 0.25) is 0 Å². The van der Waals surface area contributed by atoms with E-state index < -0.39 is 16.4 Å². The molecule has 1 atom stereocenters. The van der Waals surface area contributed by atoms with Gasteiger partial charge in [-0.3, -0.25) is 0 Å². The summed E-state index contributed by atoms with van der Waals surface area (Å²) in [7, 11) is -2.87. The summed E-state index contributed by atoms with van der Waals surface area (Å²) >= 11 is 0. The van der Waals surface area contributed by atoms with E-state index in [1.165, 1.54) is 25.3 Å². The van der Waals surface area contributed by atoms with Crippen molar-refractivity contribution in [3.8, 4) is 0 Å². The van der Waals surface area contributed by atoms with E-state index in [1.54, 1.807) is 0 Å². The lowest BCUT2D eigenvalue weighted by Gasteiger charge is -2.48. The Kier molecular flexibility index (Phi) is 6.86. The minimum absolute atomic E-state index is 0.155. The van der Waals surface area contributed by atoms with Crippen molar-refractivity contribution in [2.45, 2.75) is 96.9 Å². The molecule has 0 saturated heterocycles. The Hall–Kier alpha value is 0.394. The first kappa shape index (κ1) is 18.4. The molecule has 0 N–H and O–H groups in total. The van der Waals surface area contributed by atoms with E-state index in [4.69, 9.17) is 4.43 Å². The summed E-state index contributed by atoms with van der Waals surface area (Å²) in [4.78, 5) is 0. The molecule has 0 spiro atoms. The van der Waals surface area contributed by atoms with Crippen LogP contribution in [0.2, 0.25) is 37.8 Å². The fourth-order valence-electron chi connectivity index (χ4n) is 2.27. The van der Waals surface area contributed by atoms with E-state index in [2.05, 4.69) is 60.8 Å². The highest BCUT2D eigenvalue weighted by Gasteiger charge is 2.46. The van der Waals surface area contributed by atoms with Gasteiger partial charge in [-0.1, -0.05) is 59.7 Å². The van der Waals surface area contributed by atoms with Crippen molar-refractivity contribution in [1.82, 2.24) is 0 Å². The van der Waals surface area contributed by atoms with Crippen LogP contribution in [-0.4, -0.2) is 21.6 Å². The second kappa shape index (κ2) is 6.71. The summed E-state index contributed by atoms with van der Waals surface area (Å²) in [5.74, 6) is 0. The quantitative estimate of drug-likeness (QED) is 0.510. The maximum atomic E-state index is 6.80. The van der Waals surface area contributed by atoms with Gasteiger partial charge < -0.3 is 4.43 Å². The summed E-state index contributed by atoms with van der Waals surface area (Å²) in [6.45, 7) is 21.5. The van der Waals surface area contributed by atoms with Gasteiger partial charge in [0.25, 0.3) is 0 Å². The van der Waals surface area contributed by atoms with E-state index in [0.717, 1.165) is 0 Å². The van der Waals surface area contributed by atoms with Crippen LogP contribution < -0.4 is 0 Å². The fourth-order valence-corrected chi connectivity index (χ4v) is 8.43.